The molecule has 5 heterocycles. The van der Waals surface area contributed by atoms with Crippen molar-refractivity contribution >= 4 is 23.5 Å². The number of hydrogen-bond acceptors (Lipinski definition) is 7. The van der Waals surface area contributed by atoms with E-state index in [2.05, 4.69) is 30.5 Å². The van der Waals surface area contributed by atoms with Crippen LogP contribution in [0, 0.1) is 0 Å². The third-order valence-electron chi connectivity index (χ3n) is 6.60. The number of aryl methyl sites for hydroxylation is 1. The fourth-order valence-corrected chi connectivity index (χ4v) is 4.91. The van der Waals surface area contributed by atoms with Crippen molar-refractivity contribution in [2.45, 2.75) is 18.9 Å². The predicted octanol–water partition coefficient (Wildman–Crippen LogP) is 3.58. The van der Waals surface area contributed by atoms with Crippen LogP contribution < -0.4 is 10.5 Å². The van der Waals surface area contributed by atoms with Gasteiger partial charge in [-0.2, -0.15) is 4.68 Å². The number of anilines is 1. The fourth-order valence-electron chi connectivity index (χ4n) is 4.74. The van der Waals surface area contributed by atoms with Crippen LogP contribution in [0.3, 0.4) is 0 Å². The molecule has 6 rings (SSSR count). The molecule has 12 nitrogen and oxygen atoms in total. The van der Waals surface area contributed by atoms with Crippen molar-refractivity contribution in [1.29, 1.82) is 0 Å². The third kappa shape index (κ3) is 4.10. The van der Waals surface area contributed by atoms with E-state index in [-0.39, 0.29) is 11.6 Å². The molecule has 0 unspecified atom stereocenters. The van der Waals surface area contributed by atoms with Crippen LogP contribution in [0.5, 0.6) is 0 Å². The molecule has 5 aromatic rings. The molecule has 0 saturated carbocycles. The zero-order valence-electron chi connectivity index (χ0n) is 20.0. The van der Waals surface area contributed by atoms with Crippen molar-refractivity contribution < 1.29 is 9.90 Å². The molecule has 1 aliphatic rings. The minimum Gasteiger partial charge on any atom is -0.465 e. The van der Waals surface area contributed by atoms with E-state index in [1.807, 2.05) is 12.1 Å². The summed E-state index contributed by atoms with van der Waals surface area (Å²) in [6, 6.07) is 12.1. The molecule has 0 saturated heterocycles. The van der Waals surface area contributed by atoms with E-state index < -0.39 is 6.09 Å². The number of nitrogens with one attached hydrogen (secondary N) is 1. The van der Waals surface area contributed by atoms with Crippen LogP contribution in [-0.2, 0) is 6.42 Å². The van der Waals surface area contributed by atoms with E-state index in [0.717, 1.165) is 27.3 Å². The van der Waals surface area contributed by atoms with Gasteiger partial charge in [-0.05, 0) is 65.2 Å². The van der Waals surface area contributed by atoms with Gasteiger partial charge in [0.05, 0.1) is 23.6 Å². The van der Waals surface area contributed by atoms with Crippen molar-refractivity contribution in [3.05, 3.63) is 88.1 Å². The second kappa shape index (κ2) is 9.23. The topological polar surface area (TPSA) is 148 Å². The van der Waals surface area contributed by atoms with Crippen LogP contribution in [-0.4, -0.2) is 58.0 Å². The Morgan fingerprint density at radius 1 is 1.16 bits per heavy atom. The maximum absolute atomic E-state index is 13.4. The van der Waals surface area contributed by atoms with Gasteiger partial charge in [0, 0.05) is 41.2 Å². The number of halogens is 1. The molecule has 190 valence electrons. The lowest BCUT2D eigenvalue weighted by molar-refractivity contribution is 0.203. The number of amides is 1. The molecule has 1 aliphatic heterocycles. The first-order valence-electron chi connectivity index (χ1n) is 11.7. The Kier molecular flexibility index (Phi) is 5.72. The average molecular weight is 530 g/mol. The molecule has 1 atom stereocenters. The van der Waals surface area contributed by atoms with E-state index in [0.29, 0.717) is 40.9 Å². The number of benzene rings is 1. The number of aromatic nitrogens is 8. The molecule has 38 heavy (non-hydrogen) atoms. The lowest BCUT2D eigenvalue weighted by Gasteiger charge is -2.15. The summed E-state index contributed by atoms with van der Waals surface area (Å²) in [6.45, 7) is 0. The Hall–Kier alpha value is -4.84. The molecule has 0 spiro atoms. The molecule has 0 bridgehead atoms. The summed E-state index contributed by atoms with van der Waals surface area (Å²) in [6.07, 6.45) is 4.99. The van der Waals surface area contributed by atoms with Crippen molar-refractivity contribution in [2.24, 2.45) is 0 Å². The van der Waals surface area contributed by atoms with Crippen LogP contribution in [0.15, 0.2) is 66.0 Å². The van der Waals surface area contributed by atoms with Crippen molar-refractivity contribution in [3.63, 3.8) is 0 Å². The second-order valence-electron chi connectivity index (χ2n) is 8.84. The second-order valence-corrected chi connectivity index (χ2v) is 9.28. The predicted molar refractivity (Wildman–Crippen MR) is 139 cm³/mol. The lowest BCUT2D eigenvalue weighted by atomic mass is 10.0. The van der Waals surface area contributed by atoms with Crippen LogP contribution in [0.25, 0.3) is 28.1 Å². The maximum atomic E-state index is 13.4. The summed E-state index contributed by atoms with van der Waals surface area (Å²) >= 11 is 6.29. The molecule has 4 aromatic heterocycles. The van der Waals surface area contributed by atoms with Crippen LogP contribution >= 0.6 is 11.6 Å². The van der Waals surface area contributed by atoms with Gasteiger partial charge < -0.3 is 14.7 Å². The Labute approximate surface area is 220 Å². The van der Waals surface area contributed by atoms with E-state index in [9.17, 15) is 14.7 Å². The van der Waals surface area contributed by atoms with Gasteiger partial charge >= 0.3 is 6.09 Å². The molecule has 0 fully saturated rings. The molecular weight excluding hydrogens is 510 g/mol. The van der Waals surface area contributed by atoms with Crippen LogP contribution in [0.4, 0.5) is 10.6 Å². The number of nitrogens with zero attached hydrogens (tertiary/aromatic N) is 8. The molecule has 13 heteroatoms. The number of carbonyl (C=O) groups is 1. The molecule has 1 amide bonds. The summed E-state index contributed by atoms with van der Waals surface area (Å²) in [5, 5.41) is 21.2. The molecular formula is C25H20ClN9O3. The highest BCUT2D eigenvalue weighted by Gasteiger charge is 2.28. The van der Waals surface area contributed by atoms with Crippen molar-refractivity contribution in [1.82, 2.24) is 39.7 Å². The van der Waals surface area contributed by atoms with Gasteiger partial charge in [-0.15, -0.1) is 5.10 Å². The lowest BCUT2D eigenvalue weighted by Crippen LogP contribution is -2.24. The first-order valence-corrected chi connectivity index (χ1v) is 12.0. The summed E-state index contributed by atoms with van der Waals surface area (Å²) in [4.78, 5) is 37.7. The molecule has 2 N–H and O–H groups in total. The van der Waals surface area contributed by atoms with Crippen LogP contribution in [0.2, 0.25) is 5.02 Å². The number of carboxylic acid groups (broad SMARTS) is 1. The first-order chi connectivity index (χ1) is 18.4. The SMILES string of the molecule is CN(C(=O)O)c1cc(-c2cnc([C@@H]3CCc4cc(-c5cc(Cl)ccc5-n5cnnn5)cc(=O)n43)[nH]2)ccn1. The fraction of sp³-hybridized carbons (Fsp3) is 0.160. The zero-order chi connectivity index (χ0) is 26.4. The molecule has 0 radical (unpaired) electrons. The number of pyridine rings is 2. The highest BCUT2D eigenvalue weighted by Crippen LogP contribution is 2.34. The first kappa shape index (κ1) is 23.6. The third-order valence-corrected chi connectivity index (χ3v) is 6.83. The van der Waals surface area contributed by atoms with E-state index in [1.165, 1.54) is 18.1 Å². The van der Waals surface area contributed by atoms with Gasteiger partial charge in [-0.1, -0.05) is 11.6 Å². The van der Waals surface area contributed by atoms with Crippen LogP contribution in [0.1, 0.15) is 24.0 Å². The number of tetrazole rings is 1. The Balaban J connectivity index is 1.35. The highest BCUT2D eigenvalue weighted by atomic mass is 35.5. The van der Waals surface area contributed by atoms with Crippen molar-refractivity contribution in [2.75, 3.05) is 11.9 Å². The zero-order valence-corrected chi connectivity index (χ0v) is 20.7. The van der Waals surface area contributed by atoms with E-state index >= 15 is 0 Å². The van der Waals surface area contributed by atoms with Gasteiger partial charge in [0.2, 0.25) is 0 Å². The van der Waals surface area contributed by atoms with Gasteiger partial charge in [-0.3, -0.25) is 9.69 Å². The largest absolute Gasteiger partial charge is 0.465 e. The van der Waals surface area contributed by atoms with Gasteiger partial charge in [0.15, 0.2) is 0 Å². The van der Waals surface area contributed by atoms with E-state index in [4.69, 9.17) is 11.6 Å². The Bertz CT molecular complexity index is 1730. The van der Waals surface area contributed by atoms with E-state index in [1.54, 1.807) is 47.3 Å². The van der Waals surface area contributed by atoms with Gasteiger partial charge in [0.25, 0.3) is 5.56 Å². The minimum absolute atomic E-state index is 0.158. The van der Waals surface area contributed by atoms with Gasteiger partial charge in [-0.25, -0.2) is 14.8 Å². The Morgan fingerprint density at radius 3 is 2.82 bits per heavy atom. The minimum atomic E-state index is -1.11. The quantitative estimate of drug-likeness (QED) is 0.351. The maximum Gasteiger partial charge on any atom is 0.412 e. The Morgan fingerprint density at radius 2 is 2.03 bits per heavy atom. The standard InChI is InChI=1S/C25H20ClN9O3/c1-33(25(37)38)22-9-14(6-7-27-22)19-12-28-24(30-19)21-5-3-17-8-15(10-23(36)35(17)21)18-11-16(26)2-4-20(18)34-13-29-31-32-34/h2,4,6-13,21H,3,5H2,1H3,(H,28,30)(H,37,38)/t21-/m0/s1. The smallest absolute Gasteiger partial charge is 0.412 e. The number of imidazole rings is 1. The molecule has 1 aromatic carbocycles. The summed E-state index contributed by atoms with van der Waals surface area (Å²) in [5.74, 6) is 0.943. The number of fused-ring (bicyclic) bond motifs is 1. The number of aromatic amines is 1. The number of H-pyrrole nitrogens is 1. The van der Waals surface area contributed by atoms with Crippen molar-refractivity contribution in [3.8, 4) is 28.1 Å². The van der Waals surface area contributed by atoms with Gasteiger partial charge in [0.1, 0.15) is 18.0 Å². The summed E-state index contributed by atoms with van der Waals surface area (Å²) < 4.78 is 3.28. The normalized spacial score (nSPS) is 14.4. The summed E-state index contributed by atoms with van der Waals surface area (Å²) in [7, 11) is 1.43. The number of rotatable bonds is 5. The molecule has 0 aliphatic carbocycles. The number of hydrogen-bond donors (Lipinski definition) is 2. The average Bonchev–Trinajstić information content (AvgIpc) is 3.69. The monoisotopic (exact) mass is 529 g/mol. The summed E-state index contributed by atoms with van der Waals surface area (Å²) in [5.41, 5.74) is 4.33. The highest BCUT2D eigenvalue weighted by molar-refractivity contribution is 6.31.